The Bertz CT molecular complexity index is 2150. The van der Waals surface area contributed by atoms with E-state index in [1.807, 2.05) is 67.6 Å². The van der Waals surface area contributed by atoms with Gasteiger partial charge in [0.25, 0.3) is 0 Å². The molecule has 4 aromatic rings. The van der Waals surface area contributed by atoms with Crippen LogP contribution in [0.5, 0.6) is 5.75 Å². The molecule has 0 saturated heterocycles. The van der Waals surface area contributed by atoms with Gasteiger partial charge in [0.15, 0.2) is 5.78 Å². The predicted molar refractivity (Wildman–Crippen MR) is 212 cm³/mol. The summed E-state index contributed by atoms with van der Waals surface area (Å²) < 4.78 is 6.09. The third-order valence-corrected chi connectivity index (χ3v) is 16.7. The van der Waals surface area contributed by atoms with Crippen molar-refractivity contribution >= 4 is 45.3 Å². The molecule has 276 valence electrons. The van der Waals surface area contributed by atoms with Crippen LogP contribution < -0.4 is 4.74 Å². The molecule has 1 unspecified atom stereocenters. The van der Waals surface area contributed by atoms with E-state index in [0.717, 1.165) is 58.2 Å². The molecule has 3 saturated carbocycles. The molecule has 2 aromatic heterocycles. The first-order valence-electron chi connectivity index (χ1n) is 19.3. The maximum absolute atomic E-state index is 14.8. The molecule has 6 aliphatic carbocycles. The van der Waals surface area contributed by atoms with Crippen LogP contribution in [0.25, 0.3) is 10.8 Å². The molecule has 10 rings (SSSR count). The Morgan fingerprint density at radius 1 is 0.906 bits per heavy atom. The van der Waals surface area contributed by atoms with Crippen molar-refractivity contribution in [3.8, 4) is 5.75 Å². The zero-order chi connectivity index (χ0) is 36.8. The van der Waals surface area contributed by atoms with Crippen molar-refractivity contribution in [2.45, 2.75) is 83.8 Å². The quantitative estimate of drug-likeness (QED) is 0.139. The standard InChI is InChI=1S/C45H49NO5S2/c1-29-10-13-36(53-29)39(48)35-27-43-21-22-45(35)37(41(43,2)18-14-32(47)26-43)15-19-42(3)38(45)16-20-44(42,50)28-46(23-17-34-9-6-24-52-34)40(49)51-33-12-11-30-7-4-5-8-31(30)25-33/h4-13,21-22,24-25,27,32,37-38,47,50H,14-20,23,26,28H2,1-3H3/t32?,37-,38-,41-,42+,43+,44-,45-/m1/s1. The van der Waals surface area contributed by atoms with Gasteiger partial charge in [-0.3, -0.25) is 4.79 Å². The number of hydrogen-bond acceptors (Lipinski definition) is 7. The van der Waals surface area contributed by atoms with Crippen LogP contribution in [0.1, 0.15) is 78.2 Å². The lowest BCUT2D eigenvalue weighted by atomic mass is 9.32. The Morgan fingerprint density at radius 3 is 2.45 bits per heavy atom. The molecule has 2 bridgehead atoms. The molecule has 53 heavy (non-hydrogen) atoms. The normalized spacial score (nSPS) is 35.3. The zero-order valence-electron chi connectivity index (χ0n) is 30.8. The number of aliphatic hydroxyl groups excluding tert-OH is 1. The maximum Gasteiger partial charge on any atom is 0.415 e. The number of aryl methyl sites for hydroxylation is 1. The van der Waals surface area contributed by atoms with E-state index in [9.17, 15) is 19.8 Å². The van der Waals surface area contributed by atoms with Gasteiger partial charge in [0, 0.05) is 38.1 Å². The molecule has 2 N–H and O–H groups in total. The molecule has 8 atom stereocenters. The number of aliphatic hydroxyl groups is 2. The van der Waals surface area contributed by atoms with E-state index in [-0.39, 0.29) is 35.0 Å². The number of nitrogens with zero attached hydrogens (tertiary/aromatic N) is 1. The van der Waals surface area contributed by atoms with Crippen molar-refractivity contribution in [3.63, 3.8) is 0 Å². The molecule has 1 amide bonds. The lowest BCUT2D eigenvalue weighted by Crippen LogP contribution is -2.67. The summed E-state index contributed by atoms with van der Waals surface area (Å²) in [6.07, 6.45) is 12.1. The number of carbonyl (C=O) groups is 2. The molecule has 0 aliphatic heterocycles. The van der Waals surface area contributed by atoms with Gasteiger partial charge in [-0.2, -0.15) is 0 Å². The highest BCUT2D eigenvalue weighted by Crippen LogP contribution is 2.78. The maximum atomic E-state index is 14.8. The molecular formula is C45H49NO5S2. The number of rotatable bonds is 8. The van der Waals surface area contributed by atoms with Gasteiger partial charge in [0.2, 0.25) is 0 Å². The van der Waals surface area contributed by atoms with Gasteiger partial charge >= 0.3 is 6.09 Å². The Labute approximate surface area is 320 Å². The van der Waals surface area contributed by atoms with E-state index in [1.165, 1.54) is 4.88 Å². The number of ether oxygens (including phenoxy) is 1. The molecular weight excluding hydrogens is 699 g/mol. The summed E-state index contributed by atoms with van der Waals surface area (Å²) in [7, 11) is 0. The number of thiophene rings is 2. The number of benzene rings is 2. The lowest BCUT2D eigenvalue weighted by Gasteiger charge is -2.71. The topological polar surface area (TPSA) is 87.1 Å². The molecule has 8 heteroatoms. The summed E-state index contributed by atoms with van der Waals surface area (Å²) in [6, 6.07) is 21.8. The van der Waals surface area contributed by atoms with Gasteiger partial charge in [-0.05, 0) is 122 Å². The second-order valence-electron chi connectivity index (χ2n) is 17.2. The number of ketones is 1. The highest BCUT2D eigenvalue weighted by atomic mass is 32.1. The highest BCUT2D eigenvalue weighted by Gasteiger charge is 2.74. The molecule has 0 radical (unpaired) electrons. The minimum absolute atomic E-state index is 0.00360. The van der Waals surface area contributed by atoms with E-state index in [1.54, 1.807) is 27.6 Å². The number of Topliss-reactive ketones (excluding diaryl/α,β-unsaturated/α-hetero) is 1. The second-order valence-corrected chi connectivity index (χ2v) is 19.5. The van der Waals surface area contributed by atoms with E-state index >= 15 is 0 Å². The number of amides is 1. The van der Waals surface area contributed by atoms with Crippen LogP contribution in [-0.2, 0) is 6.42 Å². The van der Waals surface area contributed by atoms with Gasteiger partial charge in [0.05, 0.1) is 23.1 Å². The van der Waals surface area contributed by atoms with Gasteiger partial charge in [-0.1, -0.05) is 68.5 Å². The third kappa shape index (κ3) is 5.22. The van der Waals surface area contributed by atoms with Crippen LogP contribution in [0.4, 0.5) is 4.79 Å². The zero-order valence-corrected chi connectivity index (χ0v) is 32.5. The molecule has 2 aromatic carbocycles. The highest BCUT2D eigenvalue weighted by molar-refractivity contribution is 7.14. The average Bonchev–Trinajstić information content (AvgIpc) is 3.89. The molecule has 2 heterocycles. The van der Waals surface area contributed by atoms with Crippen LogP contribution in [0.2, 0.25) is 0 Å². The summed E-state index contributed by atoms with van der Waals surface area (Å²) in [4.78, 5) is 33.8. The minimum atomic E-state index is -1.19. The monoisotopic (exact) mass is 747 g/mol. The van der Waals surface area contributed by atoms with Crippen molar-refractivity contribution < 1.29 is 24.5 Å². The molecule has 3 fully saturated rings. The van der Waals surface area contributed by atoms with Crippen molar-refractivity contribution in [1.82, 2.24) is 4.90 Å². The fraction of sp³-hybridized carbons (Fsp3) is 0.467. The summed E-state index contributed by atoms with van der Waals surface area (Å²) in [5, 5.41) is 28.3. The fourth-order valence-electron chi connectivity index (χ4n) is 11.9. The van der Waals surface area contributed by atoms with Crippen molar-refractivity contribution in [2.75, 3.05) is 13.1 Å². The smallest absolute Gasteiger partial charge is 0.410 e. The minimum Gasteiger partial charge on any atom is -0.410 e. The summed E-state index contributed by atoms with van der Waals surface area (Å²) in [6.45, 7) is 7.27. The molecule has 2 spiro atoms. The van der Waals surface area contributed by atoms with Gasteiger partial charge in [0.1, 0.15) is 5.75 Å². The summed E-state index contributed by atoms with van der Waals surface area (Å²) in [5.41, 5.74) is -1.91. The van der Waals surface area contributed by atoms with Crippen molar-refractivity contribution in [3.05, 3.63) is 111 Å². The lowest BCUT2D eigenvalue weighted by molar-refractivity contribution is -0.175. The van der Waals surface area contributed by atoms with Gasteiger partial charge in [-0.25, -0.2) is 4.79 Å². The van der Waals surface area contributed by atoms with Crippen molar-refractivity contribution in [2.24, 2.45) is 33.5 Å². The van der Waals surface area contributed by atoms with Crippen LogP contribution in [0, 0.1) is 40.4 Å². The predicted octanol–water partition coefficient (Wildman–Crippen LogP) is 9.79. The van der Waals surface area contributed by atoms with E-state index in [2.05, 4.69) is 43.5 Å². The number of allylic oxidation sites excluding steroid dienone is 4. The van der Waals surface area contributed by atoms with Crippen LogP contribution in [0.3, 0.4) is 0 Å². The summed E-state index contributed by atoms with van der Waals surface area (Å²) in [5.74, 6) is 0.794. The third-order valence-electron chi connectivity index (χ3n) is 14.8. The number of hydrogen-bond donors (Lipinski definition) is 2. The molecule has 6 aliphatic rings. The molecule has 6 nitrogen and oxygen atoms in total. The first-order chi connectivity index (χ1) is 25.4. The number of carbonyl (C=O) groups excluding carboxylic acids is 2. The second kappa shape index (κ2) is 12.5. The Kier molecular flexibility index (Phi) is 8.28. The Hall–Kier alpha value is -3.56. The first-order valence-corrected chi connectivity index (χ1v) is 21.0. The van der Waals surface area contributed by atoms with Crippen LogP contribution in [-0.4, -0.2) is 51.8 Å². The largest absolute Gasteiger partial charge is 0.415 e. The van der Waals surface area contributed by atoms with Crippen LogP contribution >= 0.6 is 22.7 Å². The Morgan fingerprint density at radius 2 is 1.68 bits per heavy atom. The SMILES string of the molecule is Cc1ccc(C(=O)C2=C[C@@]34C=C[C@@]25[C@@H]2CC[C@@](O)(CN(CCc6cccs6)C(=O)Oc6ccc7ccccc7c6)[C@@]2(C)CC[C@@H]5[C@@]3(C)CCC(O)C4)s1. The van der Waals surface area contributed by atoms with Gasteiger partial charge in [-0.15, -0.1) is 22.7 Å². The average molecular weight is 748 g/mol. The van der Waals surface area contributed by atoms with Crippen molar-refractivity contribution in [1.29, 1.82) is 0 Å². The summed E-state index contributed by atoms with van der Waals surface area (Å²) >= 11 is 3.22. The van der Waals surface area contributed by atoms with E-state index < -0.39 is 28.6 Å². The van der Waals surface area contributed by atoms with Crippen LogP contribution in [0.15, 0.2) is 95.9 Å². The van der Waals surface area contributed by atoms with E-state index in [0.29, 0.717) is 31.6 Å². The Balaban J connectivity index is 1.08. The number of fused-ring (bicyclic) bond motifs is 2. The first kappa shape index (κ1) is 35.2. The van der Waals surface area contributed by atoms with Gasteiger partial charge < -0.3 is 19.8 Å². The van der Waals surface area contributed by atoms with E-state index in [4.69, 9.17) is 4.74 Å². The fourth-order valence-corrected chi connectivity index (χ4v) is 13.5.